The van der Waals surface area contributed by atoms with E-state index in [0.29, 0.717) is 6.04 Å². The van der Waals surface area contributed by atoms with Gasteiger partial charge in [0.15, 0.2) is 0 Å². The van der Waals surface area contributed by atoms with Gasteiger partial charge < -0.3 is 5.32 Å². The molecule has 2 heteroatoms. The van der Waals surface area contributed by atoms with E-state index in [9.17, 15) is 0 Å². The van der Waals surface area contributed by atoms with Crippen LogP contribution in [0.3, 0.4) is 0 Å². The summed E-state index contributed by atoms with van der Waals surface area (Å²) in [5.41, 5.74) is 1.48. The fourth-order valence-corrected chi connectivity index (χ4v) is 3.40. The van der Waals surface area contributed by atoms with Crippen LogP contribution in [0.5, 0.6) is 0 Å². The van der Waals surface area contributed by atoms with Crippen molar-refractivity contribution in [2.75, 3.05) is 6.54 Å². The Morgan fingerprint density at radius 2 is 2.24 bits per heavy atom. The van der Waals surface area contributed by atoms with E-state index >= 15 is 0 Å². The maximum absolute atomic E-state index is 3.64. The Morgan fingerprint density at radius 1 is 1.35 bits per heavy atom. The molecule has 0 saturated heterocycles. The highest BCUT2D eigenvalue weighted by Crippen LogP contribution is 2.34. The van der Waals surface area contributed by atoms with Crippen LogP contribution in [-0.2, 0) is 6.42 Å². The third-order valence-corrected chi connectivity index (χ3v) is 4.51. The number of benzene rings is 1. The minimum absolute atomic E-state index is 0.692. The van der Waals surface area contributed by atoms with Crippen LogP contribution in [0.25, 0.3) is 10.1 Å². The van der Waals surface area contributed by atoms with Crippen molar-refractivity contribution < 1.29 is 0 Å². The monoisotopic (exact) mass is 245 g/mol. The largest absolute Gasteiger partial charge is 0.314 e. The van der Waals surface area contributed by atoms with E-state index in [4.69, 9.17) is 0 Å². The van der Waals surface area contributed by atoms with Crippen LogP contribution in [0.2, 0.25) is 0 Å². The summed E-state index contributed by atoms with van der Waals surface area (Å²) in [5.74, 6) is 0.925. The quantitative estimate of drug-likeness (QED) is 0.844. The fraction of sp³-hybridized carbons (Fsp3) is 0.467. The molecule has 0 amide bonds. The molecule has 1 aromatic heterocycles. The van der Waals surface area contributed by atoms with Gasteiger partial charge in [-0.2, -0.15) is 0 Å². The Hall–Kier alpha value is -0.860. The zero-order valence-electron chi connectivity index (χ0n) is 10.3. The first-order chi connectivity index (χ1) is 8.36. The third kappa shape index (κ3) is 2.53. The van der Waals surface area contributed by atoms with Crippen LogP contribution >= 0.6 is 11.3 Å². The molecule has 2 aromatic rings. The number of thiophene rings is 1. The second kappa shape index (κ2) is 4.79. The number of fused-ring (bicyclic) bond motifs is 1. The van der Waals surface area contributed by atoms with Gasteiger partial charge in [0.05, 0.1) is 0 Å². The summed E-state index contributed by atoms with van der Waals surface area (Å²) < 4.78 is 1.42. The lowest BCUT2D eigenvalue weighted by Crippen LogP contribution is -2.32. The number of likely N-dealkylation sites (N-methyl/N-ethyl adjacent to an activating group) is 1. The van der Waals surface area contributed by atoms with E-state index in [-0.39, 0.29) is 0 Å². The molecule has 0 radical (unpaired) electrons. The molecule has 1 aliphatic rings. The molecule has 1 fully saturated rings. The van der Waals surface area contributed by atoms with E-state index in [2.05, 4.69) is 41.9 Å². The average molecular weight is 245 g/mol. The van der Waals surface area contributed by atoms with Gasteiger partial charge in [0.1, 0.15) is 0 Å². The van der Waals surface area contributed by atoms with Crippen LogP contribution in [-0.4, -0.2) is 12.6 Å². The lowest BCUT2D eigenvalue weighted by molar-refractivity contribution is 0.472. The number of rotatable bonds is 5. The van der Waals surface area contributed by atoms with Crippen LogP contribution in [0.4, 0.5) is 0 Å². The summed E-state index contributed by atoms with van der Waals surface area (Å²) in [6.45, 7) is 3.29. The Bertz CT molecular complexity index is 498. The molecule has 1 heterocycles. The zero-order valence-corrected chi connectivity index (χ0v) is 11.1. The number of hydrogen-bond acceptors (Lipinski definition) is 2. The summed E-state index contributed by atoms with van der Waals surface area (Å²) in [7, 11) is 0. The predicted octanol–water partition coefficient (Wildman–Crippen LogP) is 3.83. The Kier molecular flexibility index (Phi) is 3.17. The minimum atomic E-state index is 0.692. The van der Waals surface area contributed by atoms with Gasteiger partial charge in [-0.3, -0.25) is 0 Å². The van der Waals surface area contributed by atoms with Crippen LogP contribution < -0.4 is 5.32 Å². The van der Waals surface area contributed by atoms with Crippen molar-refractivity contribution in [2.24, 2.45) is 5.92 Å². The molecule has 1 N–H and O–H groups in total. The summed E-state index contributed by atoms with van der Waals surface area (Å²) in [5, 5.41) is 7.20. The van der Waals surface area contributed by atoms with Gasteiger partial charge in [0.2, 0.25) is 0 Å². The first-order valence-corrected chi connectivity index (χ1v) is 7.44. The Morgan fingerprint density at radius 3 is 3.00 bits per heavy atom. The third-order valence-electron chi connectivity index (χ3n) is 3.63. The van der Waals surface area contributed by atoms with Crippen molar-refractivity contribution in [1.29, 1.82) is 0 Å². The van der Waals surface area contributed by atoms with Crippen molar-refractivity contribution in [3.63, 3.8) is 0 Å². The van der Waals surface area contributed by atoms with Gasteiger partial charge in [-0.05, 0) is 60.2 Å². The van der Waals surface area contributed by atoms with E-state index in [1.54, 1.807) is 0 Å². The average Bonchev–Trinajstić information content (AvgIpc) is 3.07. The first-order valence-electron chi connectivity index (χ1n) is 6.56. The lowest BCUT2D eigenvalue weighted by Gasteiger charge is -2.17. The van der Waals surface area contributed by atoms with Crippen molar-refractivity contribution in [2.45, 2.75) is 32.2 Å². The molecule has 0 aliphatic heterocycles. The van der Waals surface area contributed by atoms with Crippen molar-refractivity contribution in [3.05, 3.63) is 35.2 Å². The molecule has 1 saturated carbocycles. The standard InChI is InChI=1S/C15H19NS/c1-2-16-14(12-5-6-12)9-11-3-4-13-7-8-17-15(13)10-11/h3-4,7-8,10,12,14,16H,2,5-6,9H2,1H3. The molecule has 1 atom stereocenters. The molecule has 1 unspecified atom stereocenters. The summed E-state index contributed by atoms with van der Waals surface area (Å²) >= 11 is 1.85. The molecular weight excluding hydrogens is 226 g/mol. The molecule has 1 aliphatic carbocycles. The second-order valence-corrected chi connectivity index (χ2v) is 5.95. The maximum atomic E-state index is 3.64. The maximum Gasteiger partial charge on any atom is 0.0345 e. The smallest absolute Gasteiger partial charge is 0.0345 e. The molecule has 0 bridgehead atoms. The highest BCUT2D eigenvalue weighted by atomic mass is 32.1. The van der Waals surface area contributed by atoms with E-state index < -0.39 is 0 Å². The topological polar surface area (TPSA) is 12.0 Å². The van der Waals surface area contributed by atoms with E-state index in [1.165, 1.54) is 34.9 Å². The first kappa shape index (κ1) is 11.2. The lowest BCUT2D eigenvalue weighted by atomic mass is 10.0. The van der Waals surface area contributed by atoms with Crippen LogP contribution in [0.1, 0.15) is 25.3 Å². The minimum Gasteiger partial charge on any atom is -0.314 e. The molecule has 0 spiro atoms. The second-order valence-electron chi connectivity index (χ2n) is 5.00. The van der Waals surface area contributed by atoms with Gasteiger partial charge in [0.25, 0.3) is 0 Å². The SMILES string of the molecule is CCNC(Cc1ccc2ccsc2c1)C1CC1. The highest BCUT2D eigenvalue weighted by molar-refractivity contribution is 7.17. The molecule has 90 valence electrons. The van der Waals surface area contributed by atoms with Gasteiger partial charge >= 0.3 is 0 Å². The normalized spacial score (nSPS) is 17.5. The number of nitrogens with one attached hydrogen (secondary N) is 1. The van der Waals surface area contributed by atoms with Crippen LogP contribution in [0.15, 0.2) is 29.6 Å². The van der Waals surface area contributed by atoms with Crippen molar-refractivity contribution in [1.82, 2.24) is 5.32 Å². The van der Waals surface area contributed by atoms with E-state index in [1.807, 2.05) is 11.3 Å². The fourth-order valence-electron chi connectivity index (χ4n) is 2.55. The summed E-state index contributed by atoms with van der Waals surface area (Å²) in [6.07, 6.45) is 4.02. The molecule has 3 rings (SSSR count). The van der Waals surface area contributed by atoms with Gasteiger partial charge in [0, 0.05) is 10.7 Å². The molecule has 1 nitrogen and oxygen atoms in total. The van der Waals surface area contributed by atoms with Crippen molar-refractivity contribution >= 4 is 21.4 Å². The molecule has 17 heavy (non-hydrogen) atoms. The number of hydrogen-bond donors (Lipinski definition) is 1. The summed E-state index contributed by atoms with van der Waals surface area (Å²) in [4.78, 5) is 0. The highest BCUT2D eigenvalue weighted by Gasteiger charge is 2.30. The van der Waals surface area contributed by atoms with Gasteiger partial charge in [-0.1, -0.05) is 19.1 Å². The molecular formula is C15H19NS. The zero-order chi connectivity index (χ0) is 11.7. The Balaban J connectivity index is 1.77. The summed E-state index contributed by atoms with van der Waals surface area (Å²) in [6, 6.07) is 9.82. The molecule has 1 aromatic carbocycles. The van der Waals surface area contributed by atoms with Crippen molar-refractivity contribution in [3.8, 4) is 0 Å². The van der Waals surface area contributed by atoms with Gasteiger partial charge in [-0.15, -0.1) is 11.3 Å². The Labute approximate surface area is 107 Å². The van der Waals surface area contributed by atoms with E-state index in [0.717, 1.165) is 12.5 Å². The van der Waals surface area contributed by atoms with Gasteiger partial charge in [-0.25, -0.2) is 0 Å². The van der Waals surface area contributed by atoms with Crippen LogP contribution in [0, 0.1) is 5.92 Å². The predicted molar refractivity (Wildman–Crippen MR) is 75.7 cm³/mol.